The standard InChI is InChI=1S/C10H14S/c1-8(2)9-5-4-6-10(7-9)11-3/h4-8H,1-3H3. The lowest BCUT2D eigenvalue weighted by molar-refractivity contribution is 0.862. The van der Waals surface area contributed by atoms with E-state index in [-0.39, 0.29) is 0 Å². The van der Waals surface area contributed by atoms with Gasteiger partial charge in [0.15, 0.2) is 0 Å². The average Bonchev–Trinajstić information content (AvgIpc) is 2.05. The third kappa shape index (κ3) is 2.26. The van der Waals surface area contributed by atoms with Crippen LogP contribution in [0.5, 0.6) is 0 Å². The molecule has 0 amide bonds. The van der Waals surface area contributed by atoms with Crippen LogP contribution in [0.25, 0.3) is 0 Å². The third-order valence-electron chi connectivity index (χ3n) is 1.76. The van der Waals surface area contributed by atoms with Crippen LogP contribution < -0.4 is 0 Å². The number of thioether (sulfide) groups is 1. The number of hydrogen-bond acceptors (Lipinski definition) is 1. The van der Waals surface area contributed by atoms with Gasteiger partial charge in [0.2, 0.25) is 0 Å². The second-order valence-corrected chi connectivity index (χ2v) is 3.81. The summed E-state index contributed by atoms with van der Waals surface area (Å²) >= 11 is 1.80. The van der Waals surface area contributed by atoms with Crippen molar-refractivity contribution >= 4 is 11.8 Å². The predicted octanol–water partition coefficient (Wildman–Crippen LogP) is 3.53. The van der Waals surface area contributed by atoms with Crippen LogP contribution in [0.1, 0.15) is 25.3 Å². The lowest BCUT2D eigenvalue weighted by atomic mass is 10.0. The molecule has 0 aliphatic heterocycles. The first kappa shape index (κ1) is 8.66. The van der Waals surface area contributed by atoms with Gasteiger partial charge in [-0.15, -0.1) is 11.8 Å². The number of benzene rings is 1. The maximum absolute atomic E-state index is 2.26. The molecule has 0 aromatic heterocycles. The monoisotopic (exact) mass is 166 g/mol. The SMILES string of the molecule is CSc1cccc(C(C)C)c1. The van der Waals surface area contributed by atoms with E-state index in [9.17, 15) is 0 Å². The molecule has 0 aliphatic carbocycles. The van der Waals surface area contributed by atoms with Crippen LogP contribution in [0.15, 0.2) is 29.2 Å². The molecule has 0 bridgehead atoms. The molecule has 0 unspecified atom stereocenters. The molecule has 0 saturated heterocycles. The largest absolute Gasteiger partial charge is 0.130 e. The van der Waals surface area contributed by atoms with Gasteiger partial charge in [-0.1, -0.05) is 26.0 Å². The molecule has 1 aromatic rings. The molecule has 0 aliphatic rings. The van der Waals surface area contributed by atoms with Crippen molar-refractivity contribution in [1.82, 2.24) is 0 Å². The molecule has 1 rings (SSSR count). The zero-order valence-electron chi connectivity index (χ0n) is 7.29. The van der Waals surface area contributed by atoms with E-state index in [1.54, 1.807) is 11.8 Å². The van der Waals surface area contributed by atoms with E-state index in [1.165, 1.54) is 10.5 Å². The van der Waals surface area contributed by atoms with Crippen molar-refractivity contribution in [3.05, 3.63) is 29.8 Å². The molecule has 0 N–H and O–H groups in total. The molecule has 0 atom stereocenters. The predicted molar refractivity (Wildman–Crippen MR) is 52.3 cm³/mol. The average molecular weight is 166 g/mol. The van der Waals surface area contributed by atoms with Gasteiger partial charge < -0.3 is 0 Å². The summed E-state index contributed by atoms with van der Waals surface area (Å²) in [7, 11) is 0. The van der Waals surface area contributed by atoms with E-state index >= 15 is 0 Å². The molecule has 0 heterocycles. The van der Waals surface area contributed by atoms with Gasteiger partial charge in [0.1, 0.15) is 0 Å². The van der Waals surface area contributed by atoms with Gasteiger partial charge in [0.05, 0.1) is 0 Å². The summed E-state index contributed by atoms with van der Waals surface area (Å²) in [5, 5.41) is 0. The molecule has 0 radical (unpaired) electrons. The van der Waals surface area contributed by atoms with Crippen LogP contribution in [0.2, 0.25) is 0 Å². The van der Waals surface area contributed by atoms with E-state index in [0.29, 0.717) is 5.92 Å². The Bertz CT molecular complexity index is 228. The molecule has 0 fully saturated rings. The quantitative estimate of drug-likeness (QED) is 0.606. The zero-order chi connectivity index (χ0) is 8.27. The Morgan fingerprint density at radius 3 is 2.55 bits per heavy atom. The van der Waals surface area contributed by atoms with E-state index in [0.717, 1.165) is 0 Å². The van der Waals surface area contributed by atoms with Crippen LogP contribution in [-0.2, 0) is 0 Å². The van der Waals surface area contributed by atoms with Crippen molar-refractivity contribution in [3.8, 4) is 0 Å². The highest BCUT2D eigenvalue weighted by atomic mass is 32.2. The highest BCUT2D eigenvalue weighted by molar-refractivity contribution is 7.98. The smallest absolute Gasteiger partial charge is 0.00719 e. The van der Waals surface area contributed by atoms with E-state index in [2.05, 4.69) is 44.4 Å². The Morgan fingerprint density at radius 2 is 2.00 bits per heavy atom. The third-order valence-corrected chi connectivity index (χ3v) is 2.49. The fourth-order valence-corrected chi connectivity index (χ4v) is 1.47. The van der Waals surface area contributed by atoms with Gasteiger partial charge in [-0.25, -0.2) is 0 Å². The molecule has 60 valence electrons. The molecular weight excluding hydrogens is 152 g/mol. The first-order chi connectivity index (χ1) is 5.24. The highest BCUT2D eigenvalue weighted by Gasteiger charge is 1.98. The van der Waals surface area contributed by atoms with Gasteiger partial charge in [-0.05, 0) is 29.9 Å². The second kappa shape index (κ2) is 3.82. The molecule has 1 aromatic carbocycles. The summed E-state index contributed by atoms with van der Waals surface area (Å²) in [6.07, 6.45) is 2.11. The van der Waals surface area contributed by atoms with Crippen LogP contribution in [0, 0.1) is 0 Å². The summed E-state index contributed by atoms with van der Waals surface area (Å²) in [5.41, 5.74) is 1.43. The zero-order valence-corrected chi connectivity index (χ0v) is 8.11. The van der Waals surface area contributed by atoms with Gasteiger partial charge >= 0.3 is 0 Å². The van der Waals surface area contributed by atoms with Gasteiger partial charge in [-0.3, -0.25) is 0 Å². The molecule has 0 spiro atoms. The lowest BCUT2D eigenvalue weighted by Gasteiger charge is -2.05. The molecule has 0 nitrogen and oxygen atoms in total. The summed E-state index contributed by atoms with van der Waals surface area (Å²) in [4.78, 5) is 1.36. The first-order valence-electron chi connectivity index (χ1n) is 3.88. The second-order valence-electron chi connectivity index (χ2n) is 2.93. The highest BCUT2D eigenvalue weighted by Crippen LogP contribution is 2.20. The van der Waals surface area contributed by atoms with E-state index in [4.69, 9.17) is 0 Å². The lowest BCUT2D eigenvalue weighted by Crippen LogP contribution is -1.85. The van der Waals surface area contributed by atoms with E-state index in [1.807, 2.05) is 0 Å². The van der Waals surface area contributed by atoms with Gasteiger partial charge in [0.25, 0.3) is 0 Å². The van der Waals surface area contributed by atoms with Crippen LogP contribution >= 0.6 is 11.8 Å². The maximum Gasteiger partial charge on any atom is 0.00719 e. The summed E-state index contributed by atoms with van der Waals surface area (Å²) in [5.74, 6) is 0.641. The number of rotatable bonds is 2. The van der Waals surface area contributed by atoms with Crippen molar-refractivity contribution in [3.63, 3.8) is 0 Å². The number of hydrogen-bond donors (Lipinski definition) is 0. The topological polar surface area (TPSA) is 0 Å². The normalized spacial score (nSPS) is 10.5. The fraction of sp³-hybridized carbons (Fsp3) is 0.400. The van der Waals surface area contributed by atoms with Crippen molar-refractivity contribution < 1.29 is 0 Å². The van der Waals surface area contributed by atoms with Crippen molar-refractivity contribution in [1.29, 1.82) is 0 Å². The van der Waals surface area contributed by atoms with Crippen molar-refractivity contribution in [2.45, 2.75) is 24.7 Å². The molecule has 11 heavy (non-hydrogen) atoms. The first-order valence-corrected chi connectivity index (χ1v) is 5.10. The summed E-state index contributed by atoms with van der Waals surface area (Å²) in [6, 6.07) is 8.72. The Morgan fingerprint density at radius 1 is 1.27 bits per heavy atom. The van der Waals surface area contributed by atoms with Crippen LogP contribution in [0.3, 0.4) is 0 Å². The Balaban J connectivity index is 2.91. The Hall–Kier alpha value is -0.430. The minimum absolute atomic E-state index is 0.641. The van der Waals surface area contributed by atoms with Crippen LogP contribution in [0.4, 0.5) is 0 Å². The van der Waals surface area contributed by atoms with Gasteiger partial charge in [0, 0.05) is 4.90 Å². The molecule has 0 saturated carbocycles. The van der Waals surface area contributed by atoms with Crippen molar-refractivity contribution in [2.24, 2.45) is 0 Å². The van der Waals surface area contributed by atoms with E-state index < -0.39 is 0 Å². The minimum Gasteiger partial charge on any atom is -0.130 e. The maximum atomic E-state index is 2.26. The molecule has 1 heteroatoms. The van der Waals surface area contributed by atoms with Gasteiger partial charge in [-0.2, -0.15) is 0 Å². The Labute approximate surface area is 73.0 Å². The van der Waals surface area contributed by atoms with Crippen molar-refractivity contribution in [2.75, 3.05) is 6.26 Å². The minimum atomic E-state index is 0.641. The summed E-state index contributed by atoms with van der Waals surface area (Å²) < 4.78 is 0. The molecular formula is C10H14S. The van der Waals surface area contributed by atoms with Crippen LogP contribution in [-0.4, -0.2) is 6.26 Å². The fourth-order valence-electron chi connectivity index (χ4n) is 1.00. The summed E-state index contributed by atoms with van der Waals surface area (Å²) in [6.45, 7) is 4.44. The Kier molecular flexibility index (Phi) is 3.01.